The van der Waals surface area contributed by atoms with Gasteiger partial charge in [-0.25, -0.2) is 14.7 Å². The Morgan fingerprint density at radius 1 is 1.04 bits per heavy atom. The maximum atomic E-state index is 14.5. The van der Waals surface area contributed by atoms with Crippen LogP contribution in [0.25, 0.3) is 16.6 Å². The van der Waals surface area contributed by atoms with Crippen molar-refractivity contribution in [2.75, 3.05) is 45.5 Å². The van der Waals surface area contributed by atoms with E-state index in [0.717, 1.165) is 50.4 Å². The van der Waals surface area contributed by atoms with Crippen LogP contribution in [0.2, 0.25) is 0 Å². The Labute approximate surface area is 290 Å². The number of para-hydroxylation sites is 1. The predicted octanol–water partition coefficient (Wildman–Crippen LogP) is 3.00. The molecule has 1 unspecified atom stereocenters. The van der Waals surface area contributed by atoms with E-state index in [1.54, 1.807) is 26.2 Å². The molecule has 1 saturated heterocycles. The quantitative estimate of drug-likeness (QED) is 0.180. The lowest BCUT2D eigenvalue weighted by Crippen LogP contribution is -2.45. The molecule has 4 heterocycles. The molecule has 1 atom stereocenters. The zero-order valence-electron chi connectivity index (χ0n) is 28.8. The van der Waals surface area contributed by atoms with Crippen molar-refractivity contribution in [3.63, 3.8) is 0 Å². The summed E-state index contributed by atoms with van der Waals surface area (Å²) in [4.78, 5) is 42.1. The van der Waals surface area contributed by atoms with Crippen LogP contribution in [-0.4, -0.2) is 90.8 Å². The lowest BCUT2D eigenvalue weighted by atomic mass is 10.1. The van der Waals surface area contributed by atoms with Gasteiger partial charge < -0.3 is 20.9 Å². The minimum Gasteiger partial charge on any atom is -0.381 e. The Morgan fingerprint density at radius 2 is 1.78 bits per heavy atom. The van der Waals surface area contributed by atoms with Gasteiger partial charge in [0.1, 0.15) is 11.4 Å². The molecule has 0 aliphatic carbocycles. The summed E-state index contributed by atoms with van der Waals surface area (Å²) in [6.07, 6.45) is 5.55. The first kappa shape index (κ1) is 34.0. The molecule has 0 spiro atoms. The highest BCUT2D eigenvalue weighted by molar-refractivity contribution is 6.03. The van der Waals surface area contributed by atoms with E-state index in [0.29, 0.717) is 28.0 Å². The molecule has 1 aliphatic rings. The second-order valence-corrected chi connectivity index (χ2v) is 12.3. The van der Waals surface area contributed by atoms with E-state index < -0.39 is 11.9 Å². The molecule has 3 N–H and O–H groups in total. The number of hydrogen-bond donors (Lipinski definition) is 2. The number of carbonyl (C=O) groups excluding carboxylic acids is 1. The minimum absolute atomic E-state index is 0.0275. The molecule has 256 valence electrons. The van der Waals surface area contributed by atoms with Gasteiger partial charge in [-0.1, -0.05) is 48.8 Å². The summed E-state index contributed by atoms with van der Waals surface area (Å²) in [5, 5.41) is 12.0. The van der Waals surface area contributed by atoms with Crippen LogP contribution < -0.4 is 16.6 Å². The molecule has 3 aromatic heterocycles. The standard InChI is InChI=1S/C37H41N11O2/c1-6-18-39-35-32(33(38)43-46(35)5)36(49)41-25(2)34-42-29-14-10-11-26(31(29)37(50)48(34)28-12-8-7-9-13-28)15-16-27-24-40-45(4)30(27)17-19-47-22-20-44(3)21-23-47/h6-14,18,24-25H,1,17,19-23H2,2-5H3,(H2,38,43)(H,41,49)/b39-18-. The molecule has 0 saturated carbocycles. The van der Waals surface area contributed by atoms with Gasteiger partial charge in [-0.15, -0.1) is 0 Å². The van der Waals surface area contributed by atoms with Crippen molar-refractivity contribution in [3.05, 3.63) is 106 Å². The minimum atomic E-state index is -0.719. The molecule has 1 fully saturated rings. The highest BCUT2D eigenvalue weighted by Gasteiger charge is 2.26. The third kappa shape index (κ3) is 6.98. The number of piperazine rings is 1. The number of allylic oxidation sites excluding steroid dienone is 1. The number of hydrogen-bond acceptors (Lipinski definition) is 9. The molecule has 1 aliphatic heterocycles. The monoisotopic (exact) mass is 671 g/mol. The highest BCUT2D eigenvalue weighted by atomic mass is 16.2. The highest BCUT2D eigenvalue weighted by Crippen LogP contribution is 2.26. The van der Waals surface area contributed by atoms with E-state index >= 15 is 0 Å². The molecule has 0 radical (unpaired) electrons. The lowest BCUT2D eigenvalue weighted by Gasteiger charge is -2.32. The predicted molar refractivity (Wildman–Crippen MR) is 196 cm³/mol. The van der Waals surface area contributed by atoms with Gasteiger partial charge in [0.25, 0.3) is 11.5 Å². The van der Waals surface area contributed by atoms with E-state index in [-0.39, 0.29) is 22.8 Å². The van der Waals surface area contributed by atoms with Crippen LogP contribution in [0.1, 0.15) is 46.0 Å². The van der Waals surface area contributed by atoms with Crippen molar-refractivity contribution < 1.29 is 4.79 Å². The Hall–Kier alpha value is -5.84. The number of nitrogens with one attached hydrogen (secondary N) is 1. The van der Waals surface area contributed by atoms with Gasteiger partial charge in [0.05, 0.1) is 40.1 Å². The number of benzene rings is 2. The second-order valence-electron chi connectivity index (χ2n) is 12.3. The molecule has 13 nitrogen and oxygen atoms in total. The molecule has 6 rings (SSSR count). The number of fused-ring (bicyclic) bond motifs is 1. The molecular formula is C37H41N11O2. The van der Waals surface area contributed by atoms with Crippen molar-refractivity contribution in [2.45, 2.75) is 19.4 Å². The number of amides is 1. The summed E-state index contributed by atoms with van der Waals surface area (Å²) in [6.45, 7) is 10.5. The van der Waals surface area contributed by atoms with E-state index in [9.17, 15) is 9.59 Å². The number of aromatic nitrogens is 6. The number of nitrogen functional groups attached to an aromatic ring is 1. The fourth-order valence-electron chi connectivity index (χ4n) is 6.16. The van der Waals surface area contributed by atoms with E-state index in [4.69, 9.17) is 10.7 Å². The average Bonchev–Trinajstić information content (AvgIpc) is 3.61. The number of aryl methyl sites for hydroxylation is 2. The van der Waals surface area contributed by atoms with Gasteiger partial charge in [0.15, 0.2) is 11.6 Å². The van der Waals surface area contributed by atoms with Crippen molar-refractivity contribution in [1.29, 1.82) is 0 Å². The zero-order chi connectivity index (χ0) is 35.4. The number of carbonyl (C=O) groups is 1. The fourth-order valence-corrected chi connectivity index (χ4v) is 6.16. The first-order chi connectivity index (χ1) is 24.2. The molecule has 2 aromatic carbocycles. The van der Waals surface area contributed by atoms with Crippen LogP contribution in [-0.2, 0) is 20.5 Å². The van der Waals surface area contributed by atoms with Crippen molar-refractivity contribution in [3.8, 4) is 17.5 Å². The van der Waals surface area contributed by atoms with Crippen LogP contribution in [0.5, 0.6) is 0 Å². The van der Waals surface area contributed by atoms with Crippen molar-refractivity contribution >= 4 is 34.7 Å². The summed E-state index contributed by atoms with van der Waals surface area (Å²) < 4.78 is 4.82. The number of likely N-dealkylation sites (N-methyl/N-ethyl adjacent to an activating group) is 1. The Bertz CT molecular complexity index is 2190. The summed E-state index contributed by atoms with van der Waals surface area (Å²) in [7, 11) is 5.74. The number of nitrogens with two attached hydrogens (primary N) is 1. The number of aliphatic imine (C=N–C) groups is 1. The van der Waals surface area contributed by atoms with Crippen LogP contribution in [0.3, 0.4) is 0 Å². The van der Waals surface area contributed by atoms with Gasteiger partial charge in [0, 0.05) is 65.0 Å². The van der Waals surface area contributed by atoms with Crippen molar-refractivity contribution in [1.82, 2.24) is 44.2 Å². The summed E-state index contributed by atoms with van der Waals surface area (Å²) in [5.41, 5.74) is 9.42. The van der Waals surface area contributed by atoms with E-state index in [1.807, 2.05) is 54.2 Å². The Morgan fingerprint density at radius 3 is 2.52 bits per heavy atom. The molecule has 5 aromatic rings. The van der Waals surface area contributed by atoms with Gasteiger partial charge in [-0.2, -0.15) is 10.2 Å². The first-order valence-corrected chi connectivity index (χ1v) is 16.5. The summed E-state index contributed by atoms with van der Waals surface area (Å²) in [6, 6.07) is 13.9. The van der Waals surface area contributed by atoms with Crippen LogP contribution >= 0.6 is 0 Å². The third-order valence-electron chi connectivity index (χ3n) is 8.90. The largest absolute Gasteiger partial charge is 0.381 e. The third-order valence-corrected chi connectivity index (χ3v) is 8.90. The van der Waals surface area contributed by atoms with Gasteiger partial charge in [-0.05, 0) is 38.2 Å². The topological polar surface area (TPSA) is 144 Å². The molecular weight excluding hydrogens is 630 g/mol. The number of anilines is 1. The number of nitrogens with zero attached hydrogens (tertiary/aromatic N) is 9. The number of rotatable bonds is 9. The zero-order valence-corrected chi connectivity index (χ0v) is 28.8. The first-order valence-electron chi connectivity index (χ1n) is 16.5. The molecule has 0 bridgehead atoms. The fraction of sp³-hybridized carbons (Fsp3) is 0.297. The Balaban J connectivity index is 1.37. The van der Waals surface area contributed by atoms with Gasteiger partial charge >= 0.3 is 0 Å². The van der Waals surface area contributed by atoms with Crippen LogP contribution in [0.4, 0.5) is 11.6 Å². The Kier molecular flexibility index (Phi) is 10.0. The van der Waals surface area contributed by atoms with E-state index in [1.165, 1.54) is 21.5 Å². The molecule has 13 heteroatoms. The average molecular weight is 672 g/mol. The smallest absolute Gasteiger partial charge is 0.267 e. The van der Waals surface area contributed by atoms with Gasteiger partial charge in [-0.3, -0.25) is 18.8 Å². The van der Waals surface area contributed by atoms with Crippen LogP contribution in [0.15, 0.2) is 77.2 Å². The van der Waals surface area contributed by atoms with Crippen LogP contribution in [0, 0.1) is 11.8 Å². The lowest BCUT2D eigenvalue weighted by molar-refractivity contribution is 0.0939. The molecule has 50 heavy (non-hydrogen) atoms. The maximum Gasteiger partial charge on any atom is 0.267 e. The van der Waals surface area contributed by atoms with Crippen molar-refractivity contribution in [2.24, 2.45) is 19.1 Å². The normalized spacial score (nSPS) is 14.5. The summed E-state index contributed by atoms with van der Waals surface area (Å²) >= 11 is 0. The van der Waals surface area contributed by atoms with Gasteiger partial charge in [0.2, 0.25) is 0 Å². The summed E-state index contributed by atoms with van der Waals surface area (Å²) in [5.74, 6) is 6.70. The van der Waals surface area contributed by atoms with E-state index in [2.05, 4.69) is 55.8 Å². The maximum absolute atomic E-state index is 14.5. The molecule has 1 amide bonds. The second kappa shape index (κ2) is 14.7. The SMILES string of the molecule is C=C/C=N\c1c(C(=O)NC(C)c2nc3cccc(C#Cc4cnn(C)c4CCN4CCN(C)CC4)c3c(=O)n2-c2ccccc2)c(N)nn1C.